The van der Waals surface area contributed by atoms with Crippen LogP contribution in [0.5, 0.6) is 0 Å². The number of hydrogen-bond donors (Lipinski definition) is 2. The minimum absolute atomic E-state index is 0.179. The number of carbonyl (C=O) groups is 2. The summed E-state index contributed by atoms with van der Waals surface area (Å²) in [4.78, 5) is 26.0. The summed E-state index contributed by atoms with van der Waals surface area (Å²) in [7, 11) is 0. The van der Waals surface area contributed by atoms with Crippen LogP contribution in [0.4, 0.5) is 4.39 Å². The highest BCUT2D eigenvalue weighted by atomic mass is 19.1. The Balaban J connectivity index is 1.62. The SMILES string of the molecule is CC(C)(C)C(NC(=O)c1nn(CC2CCCCC2)c2c(F)cccc12)C(=O)NC1CC1. The minimum Gasteiger partial charge on any atom is -0.352 e. The first-order valence-electron chi connectivity index (χ1n) is 11.5. The van der Waals surface area contributed by atoms with E-state index in [-0.39, 0.29) is 23.5 Å². The smallest absolute Gasteiger partial charge is 0.273 e. The lowest BCUT2D eigenvalue weighted by atomic mass is 9.86. The minimum atomic E-state index is -0.701. The van der Waals surface area contributed by atoms with Crippen LogP contribution in [0.3, 0.4) is 0 Å². The molecule has 2 aliphatic carbocycles. The van der Waals surface area contributed by atoms with Crippen LogP contribution in [0.2, 0.25) is 0 Å². The fourth-order valence-electron chi connectivity index (χ4n) is 4.49. The molecule has 1 aromatic heterocycles. The van der Waals surface area contributed by atoms with E-state index in [1.54, 1.807) is 16.8 Å². The van der Waals surface area contributed by atoms with E-state index in [1.165, 1.54) is 25.3 Å². The summed E-state index contributed by atoms with van der Waals surface area (Å²) in [6.07, 6.45) is 7.77. The third kappa shape index (κ3) is 4.91. The number of aromatic nitrogens is 2. The van der Waals surface area contributed by atoms with Gasteiger partial charge in [-0.15, -0.1) is 0 Å². The van der Waals surface area contributed by atoms with Crippen molar-refractivity contribution in [2.45, 2.75) is 84.3 Å². The number of nitrogens with one attached hydrogen (secondary N) is 2. The highest BCUT2D eigenvalue weighted by Crippen LogP contribution is 2.29. The molecule has 1 aromatic carbocycles. The van der Waals surface area contributed by atoms with Gasteiger partial charge in [0.1, 0.15) is 17.4 Å². The monoisotopic (exact) mass is 428 g/mol. The van der Waals surface area contributed by atoms with E-state index in [1.807, 2.05) is 20.8 Å². The number of fused-ring (bicyclic) bond motifs is 1. The first kappa shape index (κ1) is 21.8. The predicted molar refractivity (Wildman–Crippen MR) is 118 cm³/mol. The number of nitrogens with zero attached hydrogens (tertiary/aromatic N) is 2. The normalized spacial score (nSPS) is 18.7. The van der Waals surface area contributed by atoms with Gasteiger partial charge in [0.2, 0.25) is 5.91 Å². The molecule has 0 bridgehead atoms. The number of amides is 2. The average Bonchev–Trinajstić information content (AvgIpc) is 3.45. The van der Waals surface area contributed by atoms with Crippen LogP contribution >= 0.6 is 0 Å². The van der Waals surface area contributed by atoms with Gasteiger partial charge in [0, 0.05) is 18.0 Å². The van der Waals surface area contributed by atoms with Crippen molar-refractivity contribution < 1.29 is 14.0 Å². The van der Waals surface area contributed by atoms with Crippen LogP contribution in [0, 0.1) is 17.2 Å². The Labute approximate surface area is 183 Å². The molecule has 4 rings (SSSR count). The average molecular weight is 429 g/mol. The van der Waals surface area contributed by atoms with E-state index in [0.717, 1.165) is 25.7 Å². The molecule has 0 spiro atoms. The number of para-hydroxylation sites is 1. The van der Waals surface area contributed by atoms with Gasteiger partial charge in [-0.05, 0) is 43.1 Å². The Morgan fingerprint density at radius 1 is 1.16 bits per heavy atom. The molecular weight excluding hydrogens is 395 g/mol. The molecule has 1 atom stereocenters. The van der Waals surface area contributed by atoms with Gasteiger partial charge in [-0.1, -0.05) is 52.2 Å². The van der Waals surface area contributed by atoms with Crippen molar-refractivity contribution in [3.63, 3.8) is 0 Å². The van der Waals surface area contributed by atoms with Gasteiger partial charge in [0.05, 0.1) is 0 Å². The fraction of sp³-hybridized carbons (Fsp3) is 0.625. The third-order valence-electron chi connectivity index (χ3n) is 6.42. The molecule has 0 radical (unpaired) electrons. The Morgan fingerprint density at radius 3 is 2.52 bits per heavy atom. The quantitative estimate of drug-likeness (QED) is 0.725. The molecule has 6 nitrogen and oxygen atoms in total. The summed E-state index contributed by atoms with van der Waals surface area (Å²) in [6, 6.07) is 4.24. The molecule has 2 N–H and O–H groups in total. The van der Waals surface area contributed by atoms with Crippen LogP contribution in [-0.4, -0.2) is 33.7 Å². The van der Waals surface area contributed by atoms with Gasteiger partial charge in [0.15, 0.2) is 5.69 Å². The molecule has 1 heterocycles. The number of benzene rings is 1. The van der Waals surface area contributed by atoms with Gasteiger partial charge in [-0.25, -0.2) is 4.39 Å². The molecule has 0 aliphatic heterocycles. The molecule has 2 saturated carbocycles. The predicted octanol–water partition coefficient (Wildman–Crippen LogP) is 4.18. The van der Waals surface area contributed by atoms with Crippen LogP contribution in [0.15, 0.2) is 18.2 Å². The van der Waals surface area contributed by atoms with E-state index in [2.05, 4.69) is 15.7 Å². The maximum Gasteiger partial charge on any atom is 0.273 e. The highest BCUT2D eigenvalue weighted by molar-refractivity contribution is 6.06. The molecule has 7 heteroatoms. The molecular formula is C24H33FN4O2. The number of carbonyl (C=O) groups excluding carboxylic acids is 2. The van der Waals surface area contributed by atoms with Crippen molar-refractivity contribution in [2.75, 3.05) is 0 Å². The maximum atomic E-state index is 14.8. The van der Waals surface area contributed by atoms with E-state index in [4.69, 9.17) is 0 Å². The van der Waals surface area contributed by atoms with Crippen molar-refractivity contribution in [1.29, 1.82) is 0 Å². The Morgan fingerprint density at radius 2 is 1.87 bits per heavy atom. The highest BCUT2D eigenvalue weighted by Gasteiger charge is 2.36. The van der Waals surface area contributed by atoms with Gasteiger partial charge in [0.25, 0.3) is 5.91 Å². The summed E-state index contributed by atoms with van der Waals surface area (Å²) < 4.78 is 16.4. The summed E-state index contributed by atoms with van der Waals surface area (Å²) in [5, 5.41) is 10.9. The zero-order valence-electron chi connectivity index (χ0n) is 18.7. The summed E-state index contributed by atoms with van der Waals surface area (Å²) in [5.41, 5.74) is 0.0760. The zero-order valence-corrected chi connectivity index (χ0v) is 18.7. The largest absolute Gasteiger partial charge is 0.352 e. The van der Waals surface area contributed by atoms with Crippen LogP contribution in [0.25, 0.3) is 10.9 Å². The lowest BCUT2D eigenvalue weighted by Gasteiger charge is -2.30. The fourth-order valence-corrected chi connectivity index (χ4v) is 4.49. The molecule has 2 aromatic rings. The van der Waals surface area contributed by atoms with Crippen LogP contribution < -0.4 is 10.6 Å². The maximum absolute atomic E-state index is 14.8. The first-order chi connectivity index (χ1) is 14.7. The Hall–Kier alpha value is -2.44. The van der Waals surface area contributed by atoms with Crippen LogP contribution in [0.1, 0.15) is 76.2 Å². The molecule has 168 valence electrons. The van der Waals surface area contributed by atoms with Crippen molar-refractivity contribution in [1.82, 2.24) is 20.4 Å². The van der Waals surface area contributed by atoms with Crippen LogP contribution in [-0.2, 0) is 11.3 Å². The van der Waals surface area contributed by atoms with Crippen molar-refractivity contribution in [2.24, 2.45) is 11.3 Å². The topological polar surface area (TPSA) is 76.0 Å². The third-order valence-corrected chi connectivity index (χ3v) is 6.42. The zero-order chi connectivity index (χ0) is 22.2. The van der Waals surface area contributed by atoms with E-state index in [9.17, 15) is 14.0 Å². The van der Waals surface area contributed by atoms with Gasteiger partial charge in [-0.2, -0.15) is 5.10 Å². The standard InChI is InChI=1S/C24H33FN4O2/c1-24(2,3)21(23(31)26-16-12-13-16)27-22(30)19-17-10-7-11-18(25)20(17)29(28-19)14-15-8-5-4-6-9-15/h7,10-11,15-16,21H,4-6,8-9,12-14H2,1-3H3,(H,26,31)(H,27,30). The summed E-state index contributed by atoms with van der Waals surface area (Å²) in [6.45, 7) is 6.37. The summed E-state index contributed by atoms with van der Waals surface area (Å²) >= 11 is 0. The van der Waals surface area contributed by atoms with Gasteiger partial charge < -0.3 is 10.6 Å². The summed E-state index contributed by atoms with van der Waals surface area (Å²) in [5.74, 6) is -0.554. The number of halogens is 1. The lowest BCUT2D eigenvalue weighted by Crippen LogP contribution is -2.54. The number of hydrogen-bond acceptors (Lipinski definition) is 3. The molecule has 2 aliphatic rings. The first-order valence-corrected chi connectivity index (χ1v) is 11.5. The lowest BCUT2D eigenvalue weighted by molar-refractivity contribution is -0.125. The van der Waals surface area contributed by atoms with E-state index >= 15 is 0 Å². The van der Waals surface area contributed by atoms with Crippen molar-refractivity contribution in [3.05, 3.63) is 29.7 Å². The Bertz CT molecular complexity index is 968. The second-order valence-corrected chi connectivity index (χ2v) is 10.2. The molecule has 1 unspecified atom stereocenters. The molecule has 2 fully saturated rings. The second kappa shape index (κ2) is 8.60. The van der Waals surface area contributed by atoms with E-state index < -0.39 is 17.4 Å². The van der Waals surface area contributed by atoms with Gasteiger partial charge >= 0.3 is 0 Å². The van der Waals surface area contributed by atoms with Crippen molar-refractivity contribution >= 4 is 22.7 Å². The molecule has 31 heavy (non-hydrogen) atoms. The molecule has 2 amide bonds. The Kier molecular flexibility index (Phi) is 6.04. The van der Waals surface area contributed by atoms with Gasteiger partial charge in [-0.3, -0.25) is 14.3 Å². The molecule has 0 saturated heterocycles. The second-order valence-electron chi connectivity index (χ2n) is 10.2. The van der Waals surface area contributed by atoms with Crippen molar-refractivity contribution in [3.8, 4) is 0 Å². The number of rotatable bonds is 6. The van der Waals surface area contributed by atoms with E-state index in [0.29, 0.717) is 23.4 Å².